The summed E-state index contributed by atoms with van der Waals surface area (Å²) in [6.07, 6.45) is -0.0665. The van der Waals surface area contributed by atoms with E-state index < -0.39 is 39.2 Å². The van der Waals surface area contributed by atoms with E-state index in [1.807, 2.05) is 6.07 Å². The summed E-state index contributed by atoms with van der Waals surface area (Å²) in [5.74, 6) is -2.45. The van der Waals surface area contributed by atoms with E-state index >= 15 is 0 Å². The van der Waals surface area contributed by atoms with Crippen molar-refractivity contribution in [3.05, 3.63) is 58.9 Å². The van der Waals surface area contributed by atoms with E-state index in [2.05, 4.69) is 0 Å². The number of ether oxygens (including phenoxy) is 1. The normalized spacial score (nSPS) is 10.8. The number of carbonyl (C=O) groups is 2. The van der Waals surface area contributed by atoms with Gasteiger partial charge in [-0.05, 0) is 30.3 Å². The molecule has 0 atom stereocenters. The maximum atomic E-state index is 14.0. The minimum absolute atomic E-state index is 0.0631. The highest BCUT2D eigenvalue weighted by molar-refractivity contribution is 7.89. The minimum Gasteiger partial charge on any atom is -0.452 e. The second kappa shape index (κ2) is 9.47. The number of esters is 1. The first kappa shape index (κ1) is 22.3. The number of sulfonamides is 1. The number of nitrogens with two attached hydrogens (primary N) is 1. The van der Waals surface area contributed by atoms with Gasteiger partial charge in [-0.25, -0.2) is 22.7 Å². The van der Waals surface area contributed by atoms with Crippen molar-refractivity contribution in [1.82, 2.24) is 0 Å². The van der Waals surface area contributed by atoms with Gasteiger partial charge in [-0.1, -0.05) is 23.7 Å². The van der Waals surface area contributed by atoms with E-state index in [1.165, 1.54) is 24.3 Å². The van der Waals surface area contributed by atoms with Crippen molar-refractivity contribution < 1.29 is 27.1 Å². The summed E-state index contributed by atoms with van der Waals surface area (Å²) < 4.78 is 41.9. The molecule has 0 aliphatic heterocycles. The number of carbonyl (C=O) groups excluding carboxylic acids is 2. The second-order valence-electron chi connectivity index (χ2n) is 5.67. The first-order valence-electron chi connectivity index (χ1n) is 8.06. The quantitative estimate of drug-likeness (QED) is 0.658. The van der Waals surface area contributed by atoms with Crippen LogP contribution in [-0.4, -0.2) is 33.4 Å². The Labute approximate surface area is 171 Å². The van der Waals surface area contributed by atoms with Crippen LogP contribution in [0, 0.1) is 17.1 Å². The molecule has 0 bridgehead atoms. The van der Waals surface area contributed by atoms with Crippen molar-refractivity contribution in [3.63, 3.8) is 0 Å². The van der Waals surface area contributed by atoms with E-state index in [1.54, 1.807) is 0 Å². The molecule has 152 valence electrons. The largest absolute Gasteiger partial charge is 0.452 e. The maximum absolute atomic E-state index is 14.0. The molecule has 0 fully saturated rings. The Morgan fingerprint density at radius 2 is 1.93 bits per heavy atom. The Morgan fingerprint density at radius 3 is 2.55 bits per heavy atom. The van der Waals surface area contributed by atoms with Crippen molar-refractivity contribution in [1.29, 1.82) is 5.26 Å². The number of primary sulfonamides is 1. The van der Waals surface area contributed by atoms with Gasteiger partial charge >= 0.3 is 5.97 Å². The Hall–Kier alpha value is -3.00. The zero-order valence-electron chi connectivity index (χ0n) is 14.8. The van der Waals surface area contributed by atoms with Crippen LogP contribution in [0.2, 0.25) is 5.02 Å². The van der Waals surface area contributed by atoms with Crippen molar-refractivity contribution in [2.24, 2.45) is 5.14 Å². The van der Waals surface area contributed by atoms with Gasteiger partial charge in [-0.3, -0.25) is 4.79 Å². The average Bonchev–Trinajstić information content (AvgIpc) is 2.67. The van der Waals surface area contributed by atoms with Gasteiger partial charge in [0.15, 0.2) is 6.61 Å². The lowest BCUT2D eigenvalue weighted by atomic mass is 10.2. The number of anilines is 1. The van der Waals surface area contributed by atoms with Crippen LogP contribution in [0.4, 0.5) is 10.1 Å². The Bertz CT molecular complexity index is 1090. The molecular formula is C18H15ClFN3O5S. The van der Waals surface area contributed by atoms with Crippen LogP contribution >= 0.6 is 11.6 Å². The topological polar surface area (TPSA) is 131 Å². The van der Waals surface area contributed by atoms with Crippen molar-refractivity contribution in [3.8, 4) is 6.07 Å². The van der Waals surface area contributed by atoms with Gasteiger partial charge < -0.3 is 9.64 Å². The van der Waals surface area contributed by atoms with Crippen LogP contribution in [0.5, 0.6) is 0 Å². The monoisotopic (exact) mass is 439 g/mol. The molecule has 2 N–H and O–H groups in total. The third-order valence-corrected chi connectivity index (χ3v) is 5.08. The zero-order valence-corrected chi connectivity index (χ0v) is 16.4. The number of benzene rings is 2. The minimum atomic E-state index is -4.17. The summed E-state index contributed by atoms with van der Waals surface area (Å²) in [5.41, 5.74) is -0.257. The molecule has 0 aliphatic carbocycles. The van der Waals surface area contributed by atoms with Gasteiger partial charge in [0.1, 0.15) is 10.7 Å². The molecule has 0 radical (unpaired) electrons. The molecule has 1 amide bonds. The molecular weight excluding hydrogens is 425 g/mol. The molecule has 11 heteroatoms. The lowest BCUT2D eigenvalue weighted by molar-refractivity contribution is -0.121. The fourth-order valence-corrected chi connectivity index (χ4v) is 3.42. The molecule has 0 saturated heterocycles. The SMILES string of the molecule is N#CCCN(C(=O)COC(=O)c1ccc(Cl)c(S(N)(=O)=O)c1)c1ccccc1F. The van der Waals surface area contributed by atoms with E-state index in [9.17, 15) is 22.4 Å². The molecule has 2 rings (SSSR count). The predicted octanol–water partition coefficient (Wildman–Crippen LogP) is 2.23. The van der Waals surface area contributed by atoms with Gasteiger partial charge in [0.05, 0.1) is 28.8 Å². The molecule has 0 unspecified atom stereocenters. The fourth-order valence-electron chi connectivity index (χ4n) is 2.35. The number of halogens is 2. The molecule has 0 saturated carbocycles. The molecule has 2 aromatic carbocycles. The zero-order chi connectivity index (χ0) is 21.6. The number of nitriles is 1. The lowest BCUT2D eigenvalue weighted by Gasteiger charge is -2.22. The molecule has 0 aromatic heterocycles. The molecule has 0 aliphatic rings. The fraction of sp³-hybridized carbons (Fsp3) is 0.167. The van der Waals surface area contributed by atoms with Gasteiger partial charge in [0.2, 0.25) is 10.0 Å². The summed E-state index contributed by atoms with van der Waals surface area (Å²) >= 11 is 5.75. The summed E-state index contributed by atoms with van der Waals surface area (Å²) in [6, 6.07) is 10.6. The summed E-state index contributed by atoms with van der Waals surface area (Å²) in [7, 11) is -4.17. The van der Waals surface area contributed by atoms with Gasteiger partial charge in [-0.15, -0.1) is 0 Å². The Morgan fingerprint density at radius 1 is 1.24 bits per heavy atom. The van der Waals surface area contributed by atoms with Crippen molar-refractivity contribution >= 4 is 39.2 Å². The summed E-state index contributed by atoms with van der Waals surface area (Å²) in [6.45, 7) is -0.865. The molecule has 29 heavy (non-hydrogen) atoms. The highest BCUT2D eigenvalue weighted by atomic mass is 35.5. The summed E-state index contributed by atoms with van der Waals surface area (Å²) in [5, 5.41) is 13.6. The van der Waals surface area contributed by atoms with E-state index in [-0.39, 0.29) is 29.2 Å². The van der Waals surface area contributed by atoms with Crippen LogP contribution < -0.4 is 10.0 Å². The lowest BCUT2D eigenvalue weighted by Crippen LogP contribution is -2.36. The smallest absolute Gasteiger partial charge is 0.338 e. The van der Waals surface area contributed by atoms with E-state index in [0.717, 1.165) is 23.1 Å². The number of nitrogens with zero attached hydrogens (tertiary/aromatic N) is 2. The Kier molecular flexibility index (Phi) is 7.28. The van der Waals surface area contributed by atoms with Crippen LogP contribution in [0.1, 0.15) is 16.8 Å². The number of amides is 1. The van der Waals surface area contributed by atoms with Crippen LogP contribution in [0.3, 0.4) is 0 Å². The first-order valence-corrected chi connectivity index (χ1v) is 9.99. The maximum Gasteiger partial charge on any atom is 0.338 e. The highest BCUT2D eigenvalue weighted by Gasteiger charge is 2.22. The second-order valence-corrected chi connectivity index (χ2v) is 7.61. The van der Waals surface area contributed by atoms with E-state index in [0.29, 0.717) is 0 Å². The third-order valence-electron chi connectivity index (χ3n) is 3.69. The third kappa shape index (κ3) is 5.74. The molecule has 0 heterocycles. The van der Waals surface area contributed by atoms with Gasteiger partial charge in [-0.2, -0.15) is 5.26 Å². The van der Waals surface area contributed by atoms with Crippen molar-refractivity contribution in [2.75, 3.05) is 18.1 Å². The standard InChI is InChI=1S/C18H15ClFN3O5S/c19-13-7-6-12(10-16(13)29(22,26)27)18(25)28-11-17(24)23(9-3-8-21)15-5-2-1-4-14(15)20/h1-2,4-7,10H,3,9,11H2,(H2,22,26,27). The number of para-hydroxylation sites is 1. The number of hydrogen-bond acceptors (Lipinski definition) is 6. The van der Waals surface area contributed by atoms with E-state index in [4.69, 9.17) is 26.7 Å². The Balaban J connectivity index is 2.17. The summed E-state index contributed by atoms with van der Waals surface area (Å²) in [4.78, 5) is 25.2. The molecule has 8 nitrogen and oxygen atoms in total. The van der Waals surface area contributed by atoms with Gasteiger partial charge in [0, 0.05) is 6.54 Å². The number of rotatable bonds is 7. The predicted molar refractivity (Wildman–Crippen MR) is 102 cm³/mol. The molecule has 0 spiro atoms. The van der Waals surface area contributed by atoms with Crippen LogP contribution in [-0.2, 0) is 19.6 Å². The van der Waals surface area contributed by atoms with Crippen LogP contribution in [0.25, 0.3) is 0 Å². The van der Waals surface area contributed by atoms with Crippen LogP contribution in [0.15, 0.2) is 47.4 Å². The molecule has 2 aromatic rings. The highest BCUT2D eigenvalue weighted by Crippen LogP contribution is 2.22. The number of hydrogen-bond donors (Lipinski definition) is 1. The first-order chi connectivity index (χ1) is 13.6. The average molecular weight is 440 g/mol. The van der Waals surface area contributed by atoms with Crippen molar-refractivity contribution in [2.45, 2.75) is 11.3 Å². The van der Waals surface area contributed by atoms with Gasteiger partial charge in [0.25, 0.3) is 5.91 Å².